The van der Waals surface area contributed by atoms with Crippen LogP contribution >= 0.6 is 0 Å². The highest BCUT2D eigenvalue weighted by atomic mass is 16.5. The Morgan fingerprint density at radius 1 is 1.40 bits per heavy atom. The zero-order valence-corrected chi connectivity index (χ0v) is 9.11. The molecule has 0 aliphatic rings. The molecule has 82 valence electrons. The molecule has 0 unspecified atom stereocenters. The summed E-state index contributed by atoms with van der Waals surface area (Å²) in [5.41, 5.74) is 0.826. The van der Waals surface area contributed by atoms with E-state index in [4.69, 9.17) is 4.74 Å². The summed E-state index contributed by atoms with van der Waals surface area (Å²) in [6.45, 7) is 1.74. The molecule has 4 nitrogen and oxygen atoms in total. The van der Waals surface area contributed by atoms with Crippen molar-refractivity contribution in [2.75, 3.05) is 19.5 Å². The molecule has 1 atom stereocenters. The number of carbonyl (C=O) groups excluding carboxylic acids is 1. The van der Waals surface area contributed by atoms with Crippen LogP contribution in [0.4, 0.5) is 5.69 Å². The second-order valence-corrected chi connectivity index (χ2v) is 3.12. The van der Waals surface area contributed by atoms with E-state index in [0.29, 0.717) is 0 Å². The number of hydrogen-bond donors (Lipinski definition) is 1. The molecule has 0 amide bonds. The Kier molecular flexibility index (Phi) is 3.97. The van der Waals surface area contributed by atoms with Gasteiger partial charge in [0.05, 0.1) is 14.2 Å². The van der Waals surface area contributed by atoms with E-state index in [1.165, 1.54) is 7.11 Å². The van der Waals surface area contributed by atoms with Crippen LogP contribution in [0.15, 0.2) is 24.3 Å². The lowest BCUT2D eigenvalue weighted by molar-refractivity contribution is -0.141. The van der Waals surface area contributed by atoms with Crippen LogP contribution in [0.25, 0.3) is 0 Å². The van der Waals surface area contributed by atoms with Gasteiger partial charge in [-0.1, -0.05) is 6.07 Å². The molecule has 0 aromatic heterocycles. The Labute approximate surface area is 89.2 Å². The molecule has 1 N–H and O–H groups in total. The van der Waals surface area contributed by atoms with Crippen LogP contribution in [-0.4, -0.2) is 26.2 Å². The molecule has 0 aliphatic carbocycles. The second-order valence-electron chi connectivity index (χ2n) is 3.12. The number of esters is 1. The first-order valence-corrected chi connectivity index (χ1v) is 4.65. The summed E-state index contributed by atoms with van der Waals surface area (Å²) in [5, 5.41) is 3.01. The summed E-state index contributed by atoms with van der Waals surface area (Å²) in [6.07, 6.45) is 0. The third-order valence-corrected chi connectivity index (χ3v) is 2.01. The highest BCUT2D eigenvalue weighted by Gasteiger charge is 2.12. The van der Waals surface area contributed by atoms with Crippen LogP contribution in [0, 0.1) is 0 Å². The Morgan fingerprint density at radius 2 is 2.13 bits per heavy atom. The van der Waals surface area contributed by atoms with Gasteiger partial charge < -0.3 is 14.8 Å². The van der Waals surface area contributed by atoms with Gasteiger partial charge in [-0.3, -0.25) is 0 Å². The lowest BCUT2D eigenvalue weighted by Crippen LogP contribution is -2.27. The molecule has 0 heterocycles. The van der Waals surface area contributed by atoms with Crippen molar-refractivity contribution < 1.29 is 14.3 Å². The molecule has 0 fully saturated rings. The van der Waals surface area contributed by atoms with Crippen LogP contribution in [0.3, 0.4) is 0 Å². The Bertz CT molecular complexity index is 338. The maximum atomic E-state index is 11.2. The van der Waals surface area contributed by atoms with E-state index in [0.717, 1.165) is 11.4 Å². The van der Waals surface area contributed by atoms with Crippen molar-refractivity contribution in [2.24, 2.45) is 0 Å². The quantitative estimate of drug-likeness (QED) is 0.766. The maximum Gasteiger partial charge on any atom is 0.327 e. The van der Waals surface area contributed by atoms with Crippen molar-refractivity contribution in [1.82, 2.24) is 0 Å². The second kappa shape index (κ2) is 5.24. The van der Waals surface area contributed by atoms with Crippen molar-refractivity contribution in [3.05, 3.63) is 24.3 Å². The number of anilines is 1. The lowest BCUT2D eigenvalue weighted by Gasteiger charge is -2.13. The minimum Gasteiger partial charge on any atom is -0.497 e. The summed E-state index contributed by atoms with van der Waals surface area (Å²) < 4.78 is 9.68. The van der Waals surface area contributed by atoms with E-state index in [1.54, 1.807) is 14.0 Å². The third kappa shape index (κ3) is 3.16. The maximum absolute atomic E-state index is 11.2. The average molecular weight is 209 g/mol. The first-order valence-electron chi connectivity index (χ1n) is 4.65. The fourth-order valence-corrected chi connectivity index (χ4v) is 1.20. The van der Waals surface area contributed by atoms with Crippen LogP contribution in [0.2, 0.25) is 0 Å². The fraction of sp³-hybridized carbons (Fsp3) is 0.364. The normalized spacial score (nSPS) is 11.7. The standard InChI is InChI=1S/C11H15NO3/c1-8(11(13)15-3)12-9-5-4-6-10(7-9)14-2/h4-8,12H,1-3H3/t8-/m0/s1. The Morgan fingerprint density at radius 3 is 2.73 bits per heavy atom. The van der Waals surface area contributed by atoms with E-state index in [1.807, 2.05) is 24.3 Å². The molecule has 0 spiro atoms. The van der Waals surface area contributed by atoms with Gasteiger partial charge in [-0.2, -0.15) is 0 Å². The molecular formula is C11H15NO3. The van der Waals surface area contributed by atoms with E-state index in [-0.39, 0.29) is 12.0 Å². The van der Waals surface area contributed by atoms with Crippen LogP contribution in [-0.2, 0) is 9.53 Å². The smallest absolute Gasteiger partial charge is 0.327 e. The minimum atomic E-state index is -0.373. The summed E-state index contributed by atoms with van der Waals surface area (Å²) in [6, 6.07) is 7.00. The van der Waals surface area contributed by atoms with Crippen LogP contribution < -0.4 is 10.1 Å². The number of ether oxygens (including phenoxy) is 2. The highest BCUT2D eigenvalue weighted by Crippen LogP contribution is 2.17. The molecule has 0 saturated heterocycles. The first-order chi connectivity index (χ1) is 7.17. The zero-order valence-electron chi connectivity index (χ0n) is 9.11. The topological polar surface area (TPSA) is 47.6 Å². The van der Waals surface area contributed by atoms with Gasteiger partial charge in [0, 0.05) is 11.8 Å². The van der Waals surface area contributed by atoms with Gasteiger partial charge >= 0.3 is 5.97 Å². The van der Waals surface area contributed by atoms with E-state index in [2.05, 4.69) is 10.1 Å². The van der Waals surface area contributed by atoms with Crippen molar-refractivity contribution in [3.8, 4) is 5.75 Å². The molecule has 0 aliphatic heterocycles. The molecule has 1 rings (SSSR count). The van der Waals surface area contributed by atoms with Gasteiger partial charge in [0.2, 0.25) is 0 Å². The van der Waals surface area contributed by atoms with Gasteiger partial charge in [-0.25, -0.2) is 4.79 Å². The van der Waals surface area contributed by atoms with Crippen molar-refractivity contribution in [2.45, 2.75) is 13.0 Å². The summed E-state index contributed by atoms with van der Waals surface area (Å²) in [7, 11) is 2.97. The monoisotopic (exact) mass is 209 g/mol. The highest BCUT2D eigenvalue weighted by molar-refractivity contribution is 5.78. The molecule has 15 heavy (non-hydrogen) atoms. The molecule has 1 aromatic rings. The van der Waals surface area contributed by atoms with E-state index in [9.17, 15) is 4.79 Å². The molecular weight excluding hydrogens is 194 g/mol. The first kappa shape index (κ1) is 11.4. The number of methoxy groups -OCH3 is 2. The summed E-state index contributed by atoms with van der Waals surface area (Å²) in [5.74, 6) is 0.454. The Balaban J connectivity index is 2.67. The van der Waals surface area contributed by atoms with Gasteiger partial charge in [0.15, 0.2) is 0 Å². The predicted octanol–water partition coefficient (Wildman–Crippen LogP) is 1.67. The zero-order chi connectivity index (χ0) is 11.3. The summed E-state index contributed by atoms with van der Waals surface area (Å²) in [4.78, 5) is 11.2. The number of benzene rings is 1. The molecule has 0 bridgehead atoms. The summed E-state index contributed by atoms with van der Waals surface area (Å²) >= 11 is 0. The third-order valence-electron chi connectivity index (χ3n) is 2.01. The molecule has 0 radical (unpaired) electrons. The van der Waals surface area contributed by atoms with Gasteiger partial charge in [0.25, 0.3) is 0 Å². The molecule has 4 heteroatoms. The number of carbonyl (C=O) groups is 1. The van der Waals surface area contributed by atoms with Gasteiger partial charge in [-0.15, -0.1) is 0 Å². The van der Waals surface area contributed by atoms with Crippen LogP contribution in [0.1, 0.15) is 6.92 Å². The number of rotatable bonds is 4. The Hall–Kier alpha value is -1.71. The van der Waals surface area contributed by atoms with Crippen molar-refractivity contribution >= 4 is 11.7 Å². The molecule has 1 aromatic carbocycles. The number of hydrogen-bond acceptors (Lipinski definition) is 4. The average Bonchev–Trinajstić information content (AvgIpc) is 2.28. The minimum absolute atomic E-state index is 0.294. The van der Waals surface area contributed by atoms with E-state index < -0.39 is 0 Å². The van der Waals surface area contributed by atoms with Crippen molar-refractivity contribution in [3.63, 3.8) is 0 Å². The SMILES string of the molecule is COC(=O)[C@H](C)Nc1cccc(OC)c1. The fourth-order valence-electron chi connectivity index (χ4n) is 1.20. The van der Waals surface area contributed by atoms with E-state index >= 15 is 0 Å². The predicted molar refractivity (Wildman–Crippen MR) is 58.1 cm³/mol. The van der Waals surface area contributed by atoms with Gasteiger partial charge in [-0.05, 0) is 19.1 Å². The van der Waals surface area contributed by atoms with Crippen molar-refractivity contribution in [1.29, 1.82) is 0 Å². The lowest BCUT2D eigenvalue weighted by atomic mass is 10.2. The largest absolute Gasteiger partial charge is 0.497 e. The molecule has 0 saturated carbocycles. The number of nitrogens with one attached hydrogen (secondary N) is 1. The van der Waals surface area contributed by atoms with Crippen LogP contribution in [0.5, 0.6) is 5.75 Å². The van der Waals surface area contributed by atoms with Gasteiger partial charge in [0.1, 0.15) is 11.8 Å².